The molecule has 2 aromatic carbocycles. The van der Waals surface area contributed by atoms with Gasteiger partial charge in [0, 0.05) is 47.1 Å². The summed E-state index contributed by atoms with van der Waals surface area (Å²) in [5.74, 6) is -0.436. The van der Waals surface area contributed by atoms with Gasteiger partial charge in [0.2, 0.25) is 0 Å². The number of allylic oxidation sites excluding steroid dienone is 1. The van der Waals surface area contributed by atoms with Crippen molar-refractivity contribution in [3.8, 4) is 0 Å². The fourth-order valence-electron chi connectivity index (χ4n) is 3.75. The molecule has 158 valence electrons. The van der Waals surface area contributed by atoms with Crippen molar-refractivity contribution >= 4 is 28.3 Å². The van der Waals surface area contributed by atoms with Crippen LogP contribution in [0.1, 0.15) is 37.6 Å². The highest BCUT2D eigenvalue weighted by molar-refractivity contribution is 6.02. The molecule has 0 aliphatic carbocycles. The second-order valence-corrected chi connectivity index (χ2v) is 7.27. The highest BCUT2D eigenvalue weighted by Gasteiger charge is 2.31. The molecule has 8 nitrogen and oxygen atoms in total. The number of hydrogen-bond donors (Lipinski definition) is 1. The summed E-state index contributed by atoms with van der Waals surface area (Å²) in [5.41, 5.74) is 3.99. The van der Waals surface area contributed by atoms with E-state index >= 15 is 0 Å². The number of hydrazone groups is 1. The molecule has 4 rings (SSSR count). The van der Waals surface area contributed by atoms with Crippen molar-refractivity contribution in [2.24, 2.45) is 5.10 Å². The molecular weight excluding hydrogens is 396 g/mol. The number of nitro groups is 1. The van der Waals surface area contributed by atoms with Crippen molar-refractivity contribution in [1.82, 2.24) is 9.99 Å². The zero-order chi connectivity index (χ0) is 22.0. The van der Waals surface area contributed by atoms with E-state index in [0.29, 0.717) is 23.4 Å². The van der Waals surface area contributed by atoms with Gasteiger partial charge in [0.05, 0.1) is 23.3 Å². The van der Waals surface area contributed by atoms with Crippen LogP contribution in [0.15, 0.2) is 71.5 Å². The van der Waals surface area contributed by atoms with E-state index in [9.17, 15) is 14.9 Å². The third kappa shape index (κ3) is 4.18. The Hall–Kier alpha value is -3.94. The van der Waals surface area contributed by atoms with Gasteiger partial charge < -0.3 is 9.72 Å². The van der Waals surface area contributed by atoms with Crippen LogP contribution in [-0.2, 0) is 9.53 Å². The number of para-hydroxylation sites is 1. The van der Waals surface area contributed by atoms with Crippen molar-refractivity contribution in [2.45, 2.75) is 26.3 Å². The Balaban J connectivity index is 1.74. The second kappa shape index (κ2) is 8.43. The predicted molar refractivity (Wildman–Crippen MR) is 118 cm³/mol. The van der Waals surface area contributed by atoms with Crippen LogP contribution in [0.4, 0.5) is 5.69 Å². The first-order valence-electron chi connectivity index (χ1n) is 10.0. The molecule has 0 saturated heterocycles. The summed E-state index contributed by atoms with van der Waals surface area (Å²) in [6.45, 7) is 3.84. The summed E-state index contributed by atoms with van der Waals surface area (Å²) in [6.07, 6.45) is 1.95. The van der Waals surface area contributed by atoms with Crippen LogP contribution < -0.4 is 0 Å². The van der Waals surface area contributed by atoms with Gasteiger partial charge in [-0.05, 0) is 31.4 Å². The minimum absolute atomic E-state index is 0.0135. The van der Waals surface area contributed by atoms with E-state index in [4.69, 9.17) is 9.84 Å². The zero-order valence-electron chi connectivity index (χ0n) is 17.2. The van der Waals surface area contributed by atoms with Crippen LogP contribution in [0.5, 0.6) is 0 Å². The lowest BCUT2D eigenvalue weighted by atomic mass is 10.0. The number of ether oxygens (including phenoxy) is 1. The molecule has 2 heterocycles. The van der Waals surface area contributed by atoms with E-state index in [1.165, 1.54) is 18.2 Å². The fourth-order valence-corrected chi connectivity index (χ4v) is 3.75. The number of nitrogens with zero attached hydrogens (tertiary/aromatic N) is 3. The predicted octanol–water partition coefficient (Wildman–Crippen LogP) is 4.69. The summed E-state index contributed by atoms with van der Waals surface area (Å²) < 4.78 is 5.04. The number of hydrogen-bond acceptors (Lipinski definition) is 6. The summed E-state index contributed by atoms with van der Waals surface area (Å²) in [4.78, 5) is 26.2. The van der Waals surface area contributed by atoms with Crippen molar-refractivity contribution in [3.05, 3.63) is 87.7 Å². The summed E-state index contributed by atoms with van der Waals surface area (Å²) in [7, 11) is 0. The van der Waals surface area contributed by atoms with E-state index in [2.05, 4.69) is 11.1 Å². The van der Waals surface area contributed by atoms with Crippen molar-refractivity contribution in [3.63, 3.8) is 0 Å². The molecule has 31 heavy (non-hydrogen) atoms. The number of esters is 1. The maximum absolute atomic E-state index is 12.0. The summed E-state index contributed by atoms with van der Waals surface area (Å²) in [5, 5.41) is 18.8. The maximum Gasteiger partial charge on any atom is 0.332 e. The van der Waals surface area contributed by atoms with Crippen molar-refractivity contribution in [1.29, 1.82) is 0 Å². The molecule has 1 aliphatic heterocycles. The van der Waals surface area contributed by atoms with Gasteiger partial charge in [-0.25, -0.2) is 4.79 Å². The largest absolute Gasteiger partial charge is 0.463 e. The number of H-pyrrole nitrogens is 1. The lowest BCUT2D eigenvalue weighted by Gasteiger charge is -2.23. The van der Waals surface area contributed by atoms with Gasteiger partial charge in [-0.15, -0.1) is 0 Å². The Bertz CT molecular complexity index is 1180. The average molecular weight is 418 g/mol. The normalized spacial score (nSPS) is 16.5. The highest BCUT2D eigenvalue weighted by atomic mass is 16.6. The minimum Gasteiger partial charge on any atom is -0.463 e. The zero-order valence-corrected chi connectivity index (χ0v) is 17.2. The van der Waals surface area contributed by atoms with E-state index in [-0.39, 0.29) is 18.3 Å². The quantitative estimate of drug-likeness (QED) is 0.271. The molecule has 1 aliphatic rings. The van der Waals surface area contributed by atoms with Crippen molar-refractivity contribution in [2.75, 3.05) is 6.61 Å². The molecule has 0 saturated carbocycles. The topological polar surface area (TPSA) is 101 Å². The number of benzene rings is 2. The lowest BCUT2D eigenvalue weighted by Crippen LogP contribution is -2.19. The molecule has 0 radical (unpaired) electrons. The van der Waals surface area contributed by atoms with Gasteiger partial charge in [-0.2, -0.15) is 5.10 Å². The Labute approximate surface area is 179 Å². The highest BCUT2D eigenvalue weighted by Crippen LogP contribution is 2.36. The molecule has 0 fully saturated rings. The molecule has 1 aromatic heterocycles. The number of non-ortho nitro benzene ring substituents is 1. The number of aromatic nitrogens is 1. The van der Waals surface area contributed by atoms with Crippen molar-refractivity contribution < 1.29 is 14.5 Å². The first-order valence-corrected chi connectivity index (χ1v) is 10.0. The number of fused-ring (bicyclic) bond motifs is 1. The summed E-state index contributed by atoms with van der Waals surface area (Å²) in [6, 6.07) is 16.3. The Kier molecular flexibility index (Phi) is 5.53. The maximum atomic E-state index is 12.0. The molecule has 1 N–H and O–H groups in total. The molecular formula is C23H22N4O4. The third-order valence-electron chi connectivity index (χ3n) is 5.19. The smallest absolute Gasteiger partial charge is 0.332 e. The lowest BCUT2D eigenvalue weighted by molar-refractivity contribution is -0.384. The fraction of sp³-hybridized carbons (Fsp3) is 0.217. The van der Waals surface area contributed by atoms with Gasteiger partial charge in [-0.1, -0.05) is 30.3 Å². The molecule has 1 unspecified atom stereocenters. The van der Waals surface area contributed by atoms with Crippen LogP contribution in [0.25, 0.3) is 10.9 Å². The van der Waals surface area contributed by atoms with Gasteiger partial charge in [-0.3, -0.25) is 15.1 Å². The van der Waals surface area contributed by atoms with Crippen LogP contribution in [0.3, 0.4) is 0 Å². The number of rotatable bonds is 6. The number of aromatic amines is 1. The molecule has 8 heteroatoms. The number of carbonyl (C=O) groups excluding carboxylic acids is 1. The van der Waals surface area contributed by atoms with Crippen LogP contribution in [0, 0.1) is 10.1 Å². The first-order chi connectivity index (χ1) is 15.0. The first kappa shape index (κ1) is 20.3. The van der Waals surface area contributed by atoms with Gasteiger partial charge in [0.1, 0.15) is 0 Å². The monoisotopic (exact) mass is 418 g/mol. The van der Waals surface area contributed by atoms with E-state index in [0.717, 1.165) is 16.6 Å². The molecule has 0 bridgehead atoms. The molecule has 3 aromatic rings. The van der Waals surface area contributed by atoms with Gasteiger partial charge >= 0.3 is 5.97 Å². The minimum atomic E-state index is -0.436. The molecule has 0 spiro atoms. The van der Waals surface area contributed by atoms with Crippen LogP contribution in [0.2, 0.25) is 0 Å². The number of nitro benzene ring substituents is 1. The molecule has 0 amide bonds. The van der Waals surface area contributed by atoms with E-state index < -0.39 is 10.9 Å². The summed E-state index contributed by atoms with van der Waals surface area (Å²) >= 11 is 0. The van der Waals surface area contributed by atoms with Crippen LogP contribution in [-0.4, -0.2) is 33.2 Å². The SMILES string of the molecule is CCOC(=O)C=C(C)N1N=C(c2cccc([N+](=O)[O-])c2)CC1c1cc2ccccc2[nH]1. The van der Waals surface area contributed by atoms with E-state index in [1.54, 1.807) is 24.9 Å². The number of nitrogens with one attached hydrogen (secondary N) is 1. The molecule has 1 atom stereocenters. The van der Waals surface area contributed by atoms with Crippen LogP contribution >= 0.6 is 0 Å². The second-order valence-electron chi connectivity index (χ2n) is 7.27. The Morgan fingerprint density at radius 3 is 2.84 bits per heavy atom. The Morgan fingerprint density at radius 1 is 1.29 bits per heavy atom. The van der Waals surface area contributed by atoms with Gasteiger partial charge in [0.15, 0.2) is 0 Å². The van der Waals surface area contributed by atoms with Gasteiger partial charge in [0.25, 0.3) is 5.69 Å². The Morgan fingerprint density at radius 2 is 2.10 bits per heavy atom. The average Bonchev–Trinajstić information content (AvgIpc) is 3.38. The third-order valence-corrected chi connectivity index (χ3v) is 5.19. The number of carbonyl (C=O) groups is 1. The standard InChI is InChI=1S/C23H22N4O4/c1-3-31-23(28)11-15(2)26-22(21-13-17-7-4-5-10-19(17)24-21)14-20(25-26)16-8-6-9-18(12-16)27(29)30/h4-13,22,24H,3,14H2,1-2H3. The van der Waals surface area contributed by atoms with E-state index in [1.807, 2.05) is 30.3 Å².